The second-order valence-corrected chi connectivity index (χ2v) is 13.9. The summed E-state index contributed by atoms with van der Waals surface area (Å²) in [7, 11) is 0. The summed E-state index contributed by atoms with van der Waals surface area (Å²) in [6.45, 7) is 4.63. The van der Waals surface area contributed by atoms with Crippen molar-refractivity contribution in [3.63, 3.8) is 0 Å². The second-order valence-electron chi connectivity index (χ2n) is 13.9. The van der Waals surface area contributed by atoms with Crippen LogP contribution in [0.25, 0.3) is 89.7 Å². The van der Waals surface area contributed by atoms with Crippen molar-refractivity contribution in [2.75, 3.05) is 0 Å². The standard InChI is InChI=1S/C47H32N4O/c1-47(2)38-19-10-9-17-35(38)37-28-34(24-26-39(37)47)29-20-22-32(23-21-29)44-49-43(31-12-5-3-6-13-31)50-45(51-44)36-18-11-16-30-25-27-40-42(41(30)36)52-46(48-40)33-14-7-4-8-15-33/h3-28H,1-2H3. The fraction of sp³-hybridized carbons (Fsp3) is 0.0638. The van der Waals surface area contributed by atoms with Gasteiger partial charge in [0.15, 0.2) is 23.1 Å². The van der Waals surface area contributed by atoms with Crippen LogP contribution in [0.1, 0.15) is 25.0 Å². The number of aromatic nitrogens is 4. The summed E-state index contributed by atoms with van der Waals surface area (Å²) < 4.78 is 6.49. The molecule has 7 aromatic carbocycles. The van der Waals surface area contributed by atoms with Crippen molar-refractivity contribution >= 4 is 21.9 Å². The van der Waals surface area contributed by atoms with Gasteiger partial charge in [-0.25, -0.2) is 19.9 Å². The molecular formula is C47H32N4O. The first-order valence-electron chi connectivity index (χ1n) is 17.6. The van der Waals surface area contributed by atoms with E-state index in [2.05, 4.69) is 98.8 Å². The molecule has 0 aliphatic heterocycles. The number of oxazole rings is 1. The van der Waals surface area contributed by atoms with Gasteiger partial charge in [-0.2, -0.15) is 0 Å². The maximum Gasteiger partial charge on any atom is 0.227 e. The molecule has 0 spiro atoms. The van der Waals surface area contributed by atoms with Crippen LogP contribution in [0.15, 0.2) is 162 Å². The van der Waals surface area contributed by atoms with Gasteiger partial charge in [0.05, 0.1) is 0 Å². The molecule has 0 amide bonds. The van der Waals surface area contributed by atoms with Crippen molar-refractivity contribution < 1.29 is 4.42 Å². The van der Waals surface area contributed by atoms with E-state index in [0.717, 1.165) is 44.1 Å². The Morgan fingerprint density at radius 1 is 0.423 bits per heavy atom. The van der Waals surface area contributed by atoms with Crippen molar-refractivity contribution in [3.8, 4) is 67.9 Å². The molecule has 5 nitrogen and oxygen atoms in total. The van der Waals surface area contributed by atoms with E-state index in [-0.39, 0.29) is 5.41 Å². The number of fused-ring (bicyclic) bond motifs is 6. The van der Waals surface area contributed by atoms with Crippen LogP contribution in [-0.4, -0.2) is 19.9 Å². The Morgan fingerprint density at radius 2 is 1.02 bits per heavy atom. The zero-order valence-corrected chi connectivity index (χ0v) is 28.7. The Kier molecular flexibility index (Phi) is 6.77. The smallest absolute Gasteiger partial charge is 0.227 e. The lowest BCUT2D eigenvalue weighted by molar-refractivity contribution is 0.623. The minimum Gasteiger partial charge on any atom is -0.435 e. The highest BCUT2D eigenvalue weighted by atomic mass is 16.3. The fourth-order valence-corrected chi connectivity index (χ4v) is 7.70. The Hall–Kier alpha value is -6.72. The molecule has 0 N–H and O–H groups in total. The van der Waals surface area contributed by atoms with Crippen LogP contribution in [0.5, 0.6) is 0 Å². The molecular weight excluding hydrogens is 637 g/mol. The van der Waals surface area contributed by atoms with Gasteiger partial charge in [-0.15, -0.1) is 0 Å². The molecule has 0 atom stereocenters. The molecule has 1 aliphatic carbocycles. The topological polar surface area (TPSA) is 64.7 Å². The van der Waals surface area contributed by atoms with Crippen LogP contribution < -0.4 is 0 Å². The number of hydrogen-bond donors (Lipinski definition) is 0. The van der Waals surface area contributed by atoms with E-state index in [1.54, 1.807) is 0 Å². The molecule has 9 aromatic rings. The van der Waals surface area contributed by atoms with Gasteiger partial charge >= 0.3 is 0 Å². The Balaban J connectivity index is 1.09. The predicted octanol–water partition coefficient (Wildman–Crippen LogP) is 11.8. The van der Waals surface area contributed by atoms with Crippen molar-refractivity contribution in [1.29, 1.82) is 0 Å². The zero-order valence-electron chi connectivity index (χ0n) is 28.7. The first-order chi connectivity index (χ1) is 25.5. The van der Waals surface area contributed by atoms with Crippen LogP contribution in [0.3, 0.4) is 0 Å². The molecule has 0 fully saturated rings. The molecule has 0 bridgehead atoms. The van der Waals surface area contributed by atoms with Gasteiger partial charge in [0.1, 0.15) is 5.52 Å². The first-order valence-corrected chi connectivity index (χ1v) is 17.6. The van der Waals surface area contributed by atoms with Gasteiger partial charge in [-0.1, -0.05) is 147 Å². The van der Waals surface area contributed by atoms with Gasteiger partial charge in [0.2, 0.25) is 5.89 Å². The van der Waals surface area contributed by atoms with E-state index in [1.807, 2.05) is 72.8 Å². The summed E-state index contributed by atoms with van der Waals surface area (Å²) in [5.74, 6) is 2.36. The number of rotatable bonds is 5. The number of hydrogen-bond acceptors (Lipinski definition) is 5. The van der Waals surface area contributed by atoms with E-state index in [9.17, 15) is 0 Å². The van der Waals surface area contributed by atoms with Gasteiger partial charge in [-0.05, 0) is 63.0 Å². The van der Waals surface area contributed by atoms with E-state index in [0.29, 0.717) is 28.9 Å². The van der Waals surface area contributed by atoms with Crippen LogP contribution >= 0.6 is 0 Å². The Bertz CT molecular complexity index is 2800. The average Bonchev–Trinajstić information content (AvgIpc) is 3.75. The molecule has 246 valence electrons. The van der Waals surface area contributed by atoms with E-state index in [1.165, 1.54) is 27.8 Å². The minimum atomic E-state index is -0.0192. The summed E-state index contributed by atoms with van der Waals surface area (Å²) in [5.41, 5.74) is 12.8. The van der Waals surface area contributed by atoms with Crippen molar-refractivity contribution in [3.05, 3.63) is 169 Å². The third kappa shape index (κ3) is 4.85. The number of benzene rings is 7. The average molecular weight is 669 g/mol. The van der Waals surface area contributed by atoms with Gasteiger partial charge in [0.25, 0.3) is 0 Å². The summed E-state index contributed by atoms with van der Waals surface area (Å²) in [4.78, 5) is 20.1. The fourth-order valence-electron chi connectivity index (χ4n) is 7.70. The Morgan fingerprint density at radius 3 is 1.79 bits per heavy atom. The van der Waals surface area contributed by atoms with Crippen LogP contribution in [0.2, 0.25) is 0 Å². The highest BCUT2D eigenvalue weighted by Crippen LogP contribution is 2.49. The predicted molar refractivity (Wildman–Crippen MR) is 210 cm³/mol. The molecule has 0 radical (unpaired) electrons. The highest BCUT2D eigenvalue weighted by molar-refractivity contribution is 6.10. The Labute approximate surface area is 301 Å². The second kappa shape index (κ2) is 11.7. The highest BCUT2D eigenvalue weighted by Gasteiger charge is 2.35. The first kappa shape index (κ1) is 30.1. The van der Waals surface area contributed by atoms with Gasteiger partial charge in [0, 0.05) is 33.1 Å². The molecule has 0 unspecified atom stereocenters. The molecule has 10 rings (SSSR count). The largest absolute Gasteiger partial charge is 0.435 e. The van der Waals surface area contributed by atoms with Crippen molar-refractivity contribution in [2.45, 2.75) is 19.3 Å². The molecule has 0 saturated heterocycles. The molecule has 2 heterocycles. The lowest BCUT2D eigenvalue weighted by Gasteiger charge is -2.21. The lowest BCUT2D eigenvalue weighted by atomic mass is 9.82. The number of nitrogens with zero attached hydrogens (tertiary/aromatic N) is 4. The van der Waals surface area contributed by atoms with E-state index < -0.39 is 0 Å². The van der Waals surface area contributed by atoms with Crippen molar-refractivity contribution in [1.82, 2.24) is 19.9 Å². The van der Waals surface area contributed by atoms with E-state index in [4.69, 9.17) is 24.4 Å². The summed E-state index contributed by atoms with van der Waals surface area (Å²) in [5, 5.41) is 1.94. The van der Waals surface area contributed by atoms with Crippen molar-refractivity contribution in [2.24, 2.45) is 0 Å². The normalized spacial score (nSPS) is 13.0. The minimum absolute atomic E-state index is 0.0192. The van der Waals surface area contributed by atoms with E-state index >= 15 is 0 Å². The maximum absolute atomic E-state index is 6.49. The van der Waals surface area contributed by atoms with Crippen LogP contribution in [0, 0.1) is 0 Å². The lowest BCUT2D eigenvalue weighted by Crippen LogP contribution is -2.14. The van der Waals surface area contributed by atoms with Gasteiger partial charge in [-0.3, -0.25) is 0 Å². The monoisotopic (exact) mass is 668 g/mol. The molecule has 5 heteroatoms. The summed E-state index contributed by atoms with van der Waals surface area (Å²) in [6.07, 6.45) is 0. The molecule has 0 saturated carbocycles. The van der Waals surface area contributed by atoms with Crippen LogP contribution in [0.4, 0.5) is 0 Å². The molecule has 1 aliphatic rings. The summed E-state index contributed by atoms with van der Waals surface area (Å²) >= 11 is 0. The summed E-state index contributed by atoms with van der Waals surface area (Å²) in [6, 6.07) is 54.5. The third-order valence-corrected chi connectivity index (χ3v) is 10.4. The molecule has 52 heavy (non-hydrogen) atoms. The van der Waals surface area contributed by atoms with Gasteiger partial charge < -0.3 is 4.42 Å². The quantitative estimate of drug-likeness (QED) is 0.183. The SMILES string of the molecule is CC1(C)c2ccccc2-c2cc(-c3ccc(-c4nc(-c5ccccc5)nc(-c5cccc6ccc7nc(-c8ccccc8)oc7c56)n4)cc3)ccc21. The molecule has 2 aromatic heterocycles. The zero-order chi connectivity index (χ0) is 34.8. The van der Waals surface area contributed by atoms with Crippen LogP contribution in [-0.2, 0) is 5.41 Å². The maximum atomic E-state index is 6.49. The third-order valence-electron chi connectivity index (χ3n) is 10.4.